The zero-order chi connectivity index (χ0) is 14.5. The Bertz CT molecular complexity index is 403. The van der Waals surface area contributed by atoms with Gasteiger partial charge in [0.2, 0.25) is 0 Å². The normalized spacial score (nSPS) is 11.1. The van der Waals surface area contributed by atoms with Gasteiger partial charge in [-0.25, -0.2) is 0 Å². The zero-order valence-corrected chi connectivity index (χ0v) is 13.0. The van der Waals surface area contributed by atoms with Crippen LogP contribution in [0.2, 0.25) is 0 Å². The van der Waals surface area contributed by atoms with Crippen LogP contribution in [0.3, 0.4) is 0 Å². The highest BCUT2D eigenvalue weighted by Crippen LogP contribution is 2.10. The Balaban J connectivity index is 4.06. The van der Waals surface area contributed by atoms with Gasteiger partial charge in [0.25, 0.3) is 0 Å². The quantitative estimate of drug-likeness (QED) is 0.271. The largest absolute Gasteiger partial charge is 0.122 e. The molecule has 104 valence electrons. The number of hydrogen-bond donors (Lipinski definition) is 0. The monoisotopic (exact) mass is 256 g/mol. The van der Waals surface area contributed by atoms with Gasteiger partial charge < -0.3 is 0 Å². The maximum Gasteiger partial charge on any atom is -0.0200 e. The van der Waals surface area contributed by atoms with Crippen molar-refractivity contribution in [2.45, 2.75) is 53.4 Å². The highest BCUT2D eigenvalue weighted by molar-refractivity contribution is 5.12. The van der Waals surface area contributed by atoms with E-state index in [2.05, 4.69) is 52.2 Å². The van der Waals surface area contributed by atoms with Crippen LogP contribution in [0.1, 0.15) is 53.4 Å². The molecule has 0 spiro atoms. The fraction of sp³-hybridized carbons (Fsp3) is 0.421. The van der Waals surface area contributed by atoms with Crippen molar-refractivity contribution in [3.05, 3.63) is 65.5 Å². The lowest BCUT2D eigenvalue weighted by atomic mass is 10.1. The number of rotatable bonds is 8. The Labute approximate surface area is 119 Å². The molecule has 0 heteroatoms. The van der Waals surface area contributed by atoms with Crippen molar-refractivity contribution in [2.24, 2.45) is 0 Å². The molecule has 0 saturated heterocycles. The lowest BCUT2D eigenvalue weighted by Crippen LogP contribution is -1.79. The van der Waals surface area contributed by atoms with Crippen molar-refractivity contribution in [2.75, 3.05) is 0 Å². The molecule has 0 N–H and O–H groups in total. The molecule has 0 nitrogen and oxygen atoms in total. The maximum atomic E-state index is 3.63. The van der Waals surface area contributed by atoms with Crippen LogP contribution in [0.4, 0.5) is 0 Å². The first-order valence-electron chi connectivity index (χ1n) is 7.05. The van der Waals surface area contributed by atoms with Crippen molar-refractivity contribution in [1.82, 2.24) is 0 Å². The van der Waals surface area contributed by atoms with E-state index in [4.69, 9.17) is 0 Å². The minimum absolute atomic E-state index is 1.08. The lowest BCUT2D eigenvalue weighted by molar-refractivity contribution is 0.919. The van der Waals surface area contributed by atoms with E-state index in [-0.39, 0.29) is 0 Å². The Morgan fingerprint density at radius 1 is 0.947 bits per heavy atom. The van der Waals surface area contributed by atoms with Gasteiger partial charge in [-0.2, -0.15) is 0 Å². The first-order chi connectivity index (χ1) is 9.06. The van der Waals surface area contributed by atoms with E-state index in [9.17, 15) is 0 Å². The summed E-state index contributed by atoms with van der Waals surface area (Å²) in [6, 6.07) is 0. The molecule has 0 aliphatic rings. The third-order valence-corrected chi connectivity index (χ3v) is 2.78. The van der Waals surface area contributed by atoms with E-state index in [1.54, 1.807) is 6.08 Å². The molecule has 0 fully saturated rings. The molecular formula is C19H28. The Hall–Kier alpha value is -1.52. The molecule has 0 saturated carbocycles. The van der Waals surface area contributed by atoms with E-state index in [0.717, 1.165) is 19.3 Å². The topological polar surface area (TPSA) is 0 Å². The molecule has 0 atom stereocenters. The fourth-order valence-electron chi connectivity index (χ4n) is 1.62. The van der Waals surface area contributed by atoms with Crippen LogP contribution in [0.25, 0.3) is 0 Å². The molecule has 0 amide bonds. The Morgan fingerprint density at radius 2 is 1.63 bits per heavy atom. The summed E-state index contributed by atoms with van der Waals surface area (Å²) in [5, 5.41) is 0. The SMILES string of the molecule is C=CC=CC=C=C(C)CCC=C(C)CCC=C(C)C. The average Bonchev–Trinajstić information content (AvgIpc) is 2.34. The molecule has 0 aliphatic carbocycles. The van der Waals surface area contributed by atoms with Gasteiger partial charge >= 0.3 is 0 Å². The first-order valence-corrected chi connectivity index (χ1v) is 7.05. The summed E-state index contributed by atoms with van der Waals surface area (Å²) in [4.78, 5) is 0. The summed E-state index contributed by atoms with van der Waals surface area (Å²) in [6.45, 7) is 12.3. The Morgan fingerprint density at radius 3 is 2.26 bits per heavy atom. The van der Waals surface area contributed by atoms with E-state index in [1.807, 2.05) is 18.2 Å². The third kappa shape index (κ3) is 12.7. The lowest BCUT2D eigenvalue weighted by Gasteiger charge is -1.99. The van der Waals surface area contributed by atoms with Crippen molar-refractivity contribution in [3.8, 4) is 0 Å². The number of allylic oxidation sites excluding steroid dienone is 8. The number of hydrogen-bond acceptors (Lipinski definition) is 0. The highest BCUT2D eigenvalue weighted by Gasteiger charge is 1.90. The second kappa shape index (κ2) is 11.6. The molecule has 19 heavy (non-hydrogen) atoms. The molecule has 0 bridgehead atoms. The van der Waals surface area contributed by atoms with Gasteiger partial charge in [0.1, 0.15) is 0 Å². The summed E-state index contributed by atoms with van der Waals surface area (Å²) in [5.41, 5.74) is 7.45. The molecule has 0 aromatic heterocycles. The zero-order valence-electron chi connectivity index (χ0n) is 13.0. The third-order valence-electron chi connectivity index (χ3n) is 2.78. The van der Waals surface area contributed by atoms with Gasteiger partial charge in [-0.1, -0.05) is 48.1 Å². The van der Waals surface area contributed by atoms with Crippen molar-refractivity contribution < 1.29 is 0 Å². The molecule has 0 heterocycles. The maximum absolute atomic E-state index is 3.63. The minimum atomic E-state index is 1.08. The van der Waals surface area contributed by atoms with E-state index in [0.29, 0.717) is 0 Å². The second-order valence-electron chi connectivity index (χ2n) is 5.12. The molecule has 0 unspecified atom stereocenters. The smallest absolute Gasteiger partial charge is 0.0200 e. The van der Waals surface area contributed by atoms with Gasteiger partial charge in [-0.15, -0.1) is 5.73 Å². The predicted molar refractivity (Wildman–Crippen MR) is 88.3 cm³/mol. The van der Waals surface area contributed by atoms with Crippen LogP contribution < -0.4 is 0 Å². The van der Waals surface area contributed by atoms with Gasteiger partial charge in [0.15, 0.2) is 0 Å². The molecule has 0 rings (SSSR count). The van der Waals surface area contributed by atoms with Crippen LogP contribution in [-0.2, 0) is 0 Å². The van der Waals surface area contributed by atoms with Crippen LogP contribution in [0.15, 0.2) is 65.5 Å². The molecule has 0 aromatic rings. The van der Waals surface area contributed by atoms with Gasteiger partial charge in [0, 0.05) is 0 Å². The molecule has 0 aliphatic heterocycles. The first kappa shape index (κ1) is 17.5. The molecule has 0 aromatic carbocycles. The average molecular weight is 256 g/mol. The van der Waals surface area contributed by atoms with Crippen molar-refractivity contribution >= 4 is 0 Å². The Kier molecular flexibility index (Phi) is 10.6. The second-order valence-corrected chi connectivity index (χ2v) is 5.12. The summed E-state index contributed by atoms with van der Waals surface area (Å²) < 4.78 is 0. The van der Waals surface area contributed by atoms with Crippen molar-refractivity contribution in [1.29, 1.82) is 0 Å². The van der Waals surface area contributed by atoms with Crippen molar-refractivity contribution in [3.63, 3.8) is 0 Å². The van der Waals surface area contributed by atoms with Gasteiger partial charge in [-0.3, -0.25) is 0 Å². The van der Waals surface area contributed by atoms with Crippen LogP contribution in [0, 0.1) is 0 Å². The summed E-state index contributed by atoms with van der Waals surface area (Å²) in [5.74, 6) is 0. The summed E-state index contributed by atoms with van der Waals surface area (Å²) in [7, 11) is 0. The summed E-state index contributed by atoms with van der Waals surface area (Å²) in [6.07, 6.45) is 16.8. The standard InChI is InChI=1S/C19H28/c1-6-7-8-9-13-18(4)15-11-16-19(5)14-10-12-17(2)3/h6-9,12,16H,1,10-11,14-15H2,2-5H3. The fourth-order valence-corrected chi connectivity index (χ4v) is 1.62. The molecular weight excluding hydrogens is 228 g/mol. The minimum Gasteiger partial charge on any atom is -0.122 e. The van der Waals surface area contributed by atoms with Gasteiger partial charge in [-0.05, 0) is 65.0 Å². The van der Waals surface area contributed by atoms with Crippen LogP contribution in [0.5, 0.6) is 0 Å². The highest BCUT2D eigenvalue weighted by atomic mass is 14.0. The van der Waals surface area contributed by atoms with Crippen LogP contribution in [-0.4, -0.2) is 0 Å². The molecule has 0 radical (unpaired) electrons. The predicted octanol–water partition coefficient (Wildman–Crippen LogP) is 6.30. The van der Waals surface area contributed by atoms with Gasteiger partial charge in [0.05, 0.1) is 0 Å². The van der Waals surface area contributed by atoms with Crippen LogP contribution >= 0.6 is 0 Å². The van der Waals surface area contributed by atoms with E-state index in [1.165, 1.54) is 23.1 Å². The summed E-state index contributed by atoms with van der Waals surface area (Å²) >= 11 is 0. The van der Waals surface area contributed by atoms with E-state index < -0.39 is 0 Å². The van der Waals surface area contributed by atoms with E-state index >= 15 is 0 Å².